The van der Waals surface area contributed by atoms with Crippen LogP contribution in [0.3, 0.4) is 0 Å². The summed E-state index contributed by atoms with van der Waals surface area (Å²) in [6.07, 6.45) is -0.675. The van der Waals surface area contributed by atoms with Gasteiger partial charge in [-0.3, -0.25) is 4.79 Å². The van der Waals surface area contributed by atoms with Gasteiger partial charge >= 0.3 is 6.09 Å². The van der Waals surface area contributed by atoms with Crippen LogP contribution in [-0.2, 0) is 35.3 Å². The molecule has 0 aromatic heterocycles. The summed E-state index contributed by atoms with van der Waals surface area (Å²) < 4.78 is 9.43. The molecule has 0 unspecified atom stereocenters. The standard InChI is InChI=1S/C9H16NO4.W/c1-5-13-7(11)6-10-8(12)14-9(2,3)4;/h6H,5H2,1-4H3,(H,10,12);/q-1;. The monoisotopic (exact) mass is 386 g/mol. The summed E-state index contributed by atoms with van der Waals surface area (Å²) in [5.41, 5.74) is -0.577. The van der Waals surface area contributed by atoms with Gasteiger partial charge in [-0.15, -0.1) is 0 Å². The van der Waals surface area contributed by atoms with Crippen molar-refractivity contribution in [3.05, 3.63) is 6.54 Å². The summed E-state index contributed by atoms with van der Waals surface area (Å²) in [6, 6.07) is 0. The van der Waals surface area contributed by atoms with E-state index in [1.165, 1.54) is 0 Å². The van der Waals surface area contributed by atoms with E-state index < -0.39 is 17.7 Å². The fourth-order valence-electron chi connectivity index (χ4n) is 0.609. The Morgan fingerprint density at radius 1 is 1.33 bits per heavy atom. The summed E-state index contributed by atoms with van der Waals surface area (Å²) >= 11 is 0. The molecule has 0 radical (unpaired) electrons. The van der Waals surface area contributed by atoms with E-state index in [1.54, 1.807) is 27.7 Å². The average Bonchev–Trinajstić information content (AvgIpc) is 1.98. The third kappa shape index (κ3) is 11.2. The third-order valence-corrected chi connectivity index (χ3v) is 0.993. The van der Waals surface area contributed by atoms with Crippen molar-refractivity contribution in [3.63, 3.8) is 0 Å². The van der Waals surface area contributed by atoms with E-state index in [0.29, 0.717) is 0 Å². The molecule has 88 valence electrons. The van der Waals surface area contributed by atoms with E-state index in [2.05, 4.69) is 10.1 Å². The maximum atomic E-state index is 11.0. The van der Waals surface area contributed by atoms with Crippen molar-refractivity contribution >= 4 is 12.1 Å². The molecule has 0 atom stereocenters. The zero-order chi connectivity index (χ0) is 11.2. The molecular formula is C9H16NO4W-. The summed E-state index contributed by atoms with van der Waals surface area (Å²) in [6.45, 7) is 8.08. The maximum absolute atomic E-state index is 11.0. The van der Waals surface area contributed by atoms with Crippen molar-refractivity contribution in [2.45, 2.75) is 33.3 Å². The molecule has 0 spiro atoms. The number of ether oxygens (including phenoxy) is 2. The Hall–Kier alpha value is -0.702. The number of hydrogen-bond acceptors (Lipinski definition) is 4. The molecule has 0 heterocycles. The van der Waals surface area contributed by atoms with E-state index in [1.807, 2.05) is 0 Å². The topological polar surface area (TPSA) is 64.6 Å². The molecule has 0 aliphatic rings. The molecule has 0 bridgehead atoms. The predicted molar refractivity (Wildman–Crippen MR) is 50.3 cm³/mol. The molecule has 0 aromatic carbocycles. The molecule has 6 heteroatoms. The molecule has 0 aliphatic carbocycles. The fraction of sp³-hybridized carbons (Fsp3) is 0.667. The van der Waals surface area contributed by atoms with E-state index >= 15 is 0 Å². The number of carbonyl (C=O) groups excluding carboxylic acids is 2. The molecule has 0 aromatic rings. The second kappa shape index (κ2) is 7.57. The molecule has 15 heavy (non-hydrogen) atoms. The number of hydrogen-bond donors (Lipinski definition) is 1. The van der Waals surface area contributed by atoms with E-state index in [9.17, 15) is 9.59 Å². The Morgan fingerprint density at radius 3 is 2.27 bits per heavy atom. The molecule has 0 saturated heterocycles. The SMILES string of the molecule is CCOC(=O)[CH-]NC(=O)OC(C)(C)C.[W]. The minimum atomic E-state index is -0.675. The fourth-order valence-corrected chi connectivity index (χ4v) is 0.609. The molecule has 0 saturated carbocycles. The Bertz CT molecular complexity index is 213. The first-order valence-electron chi connectivity index (χ1n) is 4.34. The summed E-state index contributed by atoms with van der Waals surface area (Å²) in [7, 11) is 0. The molecule has 0 aliphatic heterocycles. The van der Waals surface area contributed by atoms with Gasteiger partial charge in [0.15, 0.2) is 5.97 Å². The number of rotatable bonds is 3. The van der Waals surface area contributed by atoms with Crippen LogP contribution in [0.4, 0.5) is 4.79 Å². The van der Waals surface area contributed by atoms with Crippen LogP contribution < -0.4 is 5.32 Å². The van der Waals surface area contributed by atoms with Crippen LogP contribution in [-0.4, -0.2) is 24.3 Å². The first-order valence-corrected chi connectivity index (χ1v) is 4.34. The van der Waals surface area contributed by atoms with E-state index in [4.69, 9.17) is 4.74 Å². The van der Waals surface area contributed by atoms with Gasteiger partial charge in [-0.2, -0.15) is 6.54 Å². The van der Waals surface area contributed by atoms with Gasteiger partial charge in [0, 0.05) is 21.1 Å². The first-order chi connectivity index (χ1) is 6.35. The van der Waals surface area contributed by atoms with Crippen LogP contribution in [0.1, 0.15) is 27.7 Å². The smallest absolute Gasteiger partial charge is 0.381 e. The maximum Gasteiger partial charge on any atom is 0.381 e. The molecule has 5 nitrogen and oxygen atoms in total. The molecule has 0 fully saturated rings. The van der Waals surface area contributed by atoms with Gasteiger partial charge in [-0.1, -0.05) is 0 Å². The molecular weight excluding hydrogens is 370 g/mol. The van der Waals surface area contributed by atoms with Crippen molar-refractivity contribution in [3.8, 4) is 0 Å². The molecule has 1 N–H and O–H groups in total. The second-order valence-corrected chi connectivity index (χ2v) is 3.54. The Kier molecular flexibility index (Phi) is 8.44. The zero-order valence-electron chi connectivity index (χ0n) is 9.33. The number of esters is 1. The van der Waals surface area contributed by atoms with Crippen molar-refractivity contribution in [1.29, 1.82) is 0 Å². The van der Waals surface area contributed by atoms with Crippen molar-refractivity contribution < 1.29 is 40.1 Å². The normalized spacial score (nSPS) is 9.60. The Morgan fingerprint density at radius 2 is 1.87 bits per heavy atom. The number of nitrogens with one attached hydrogen (secondary N) is 1. The van der Waals surface area contributed by atoms with E-state index in [0.717, 1.165) is 6.54 Å². The second-order valence-electron chi connectivity index (χ2n) is 3.54. The van der Waals surface area contributed by atoms with Gasteiger partial charge in [0.05, 0.1) is 6.61 Å². The van der Waals surface area contributed by atoms with Gasteiger partial charge in [0.1, 0.15) is 5.60 Å². The number of carbonyl (C=O) groups is 2. The van der Waals surface area contributed by atoms with Gasteiger partial charge < -0.3 is 14.8 Å². The summed E-state index contributed by atoms with van der Waals surface area (Å²) in [5, 5.41) is 2.16. The zero-order valence-corrected chi connectivity index (χ0v) is 12.3. The van der Waals surface area contributed by atoms with Crippen LogP contribution >= 0.6 is 0 Å². The Balaban J connectivity index is 0. The van der Waals surface area contributed by atoms with Crippen LogP contribution in [0, 0.1) is 6.54 Å². The quantitative estimate of drug-likeness (QED) is 0.586. The van der Waals surface area contributed by atoms with E-state index in [-0.39, 0.29) is 27.7 Å². The largest absolute Gasteiger partial charge is 0.487 e. The van der Waals surface area contributed by atoms with Crippen molar-refractivity contribution in [1.82, 2.24) is 5.32 Å². The van der Waals surface area contributed by atoms with Gasteiger partial charge in [-0.05, 0) is 27.7 Å². The molecule has 0 rings (SSSR count). The van der Waals surface area contributed by atoms with Crippen molar-refractivity contribution in [2.24, 2.45) is 0 Å². The average molecular weight is 386 g/mol. The van der Waals surface area contributed by atoms with Crippen LogP contribution in [0.2, 0.25) is 0 Å². The van der Waals surface area contributed by atoms with Gasteiger partial charge in [0.2, 0.25) is 0 Å². The summed E-state index contributed by atoms with van der Waals surface area (Å²) in [4.78, 5) is 21.8. The number of alkyl carbamates (subject to hydrolysis) is 1. The van der Waals surface area contributed by atoms with Crippen LogP contribution in [0.15, 0.2) is 0 Å². The minimum absolute atomic E-state index is 0. The van der Waals surface area contributed by atoms with Gasteiger partial charge in [-0.25, -0.2) is 4.79 Å². The Labute approximate surface area is 104 Å². The van der Waals surface area contributed by atoms with Crippen LogP contribution in [0.5, 0.6) is 0 Å². The third-order valence-electron chi connectivity index (χ3n) is 0.993. The van der Waals surface area contributed by atoms with Gasteiger partial charge in [0.25, 0.3) is 0 Å². The van der Waals surface area contributed by atoms with Crippen molar-refractivity contribution in [2.75, 3.05) is 6.61 Å². The number of amides is 1. The summed E-state index contributed by atoms with van der Waals surface area (Å²) in [5.74, 6) is -0.599. The minimum Gasteiger partial charge on any atom is -0.487 e. The first kappa shape index (κ1) is 16.7. The predicted octanol–water partition coefficient (Wildman–Crippen LogP) is 1.23. The van der Waals surface area contributed by atoms with Crippen LogP contribution in [0.25, 0.3) is 0 Å². The molecule has 1 amide bonds.